The van der Waals surface area contributed by atoms with E-state index >= 15 is 0 Å². The fraction of sp³-hybridized carbons (Fsp3) is 0.500. The molecule has 0 amide bonds. The maximum Gasteiger partial charge on any atom is 0.158 e. The fourth-order valence-corrected chi connectivity index (χ4v) is 0.404. The predicted octanol–water partition coefficient (Wildman–Crippen LogP) is -0.203. The average Bonchev–Trinajstić information content (AvgIpc) is 1.69. The first-order valence-corrected chi connectivity index (χ1v) is 2.36. The van der Waals surface area contributed by atoms with Crippen molar-refractivity contribution in [2.75, 3.05) is 7.05 Å². The van der Waals surface area contributed by atoms with Crippen LogP contribution in [0.1, 0.15) is 6.92 Å². The van der Waals surface area contributed by atoms with Gasteiger partial charge in [-0.3, -0.25) is 4.79 Å². The van der Waals surface area contributed by atoms with Gasteiger partial charge in [-0.2, -0.15) is 0 Å². The lowest BCUT2D eigenvalue weighted by Crippen LogP contribution is -2.30. The fourth-order valence-electron chi connectivity index (χ4n) is 0.404. The molecule has 2 heteroatoms. The van der Waals surface area contributed by atoms with E-state index in [0.717, 1.165) is 0 Å². The zero-order valence-corrected chi connectivity index (χ0v) is 5.06. The van der Waals surface area contributed by atoms with Gasteiger partial charge < -0.3 is 5.32 Å². The Hall–Kier alpha value is -0.810. The summed E-state index contributed by atoms with van der Waals surface area (Å²) in [6.45, 7) is 1.46. The summed E-state index contributed by atoms with van der Waals surface area (Å²) < 4.78 is 0. The Morgan fingerprint density at radius 1 is 1.88 bits per heavy atom. The van der Waals surface area contributed by atoms with Crippen LogP contribution in [0.3, 0.4) is 0 Å². The first-order valence-electron chi connectivity index (χ1n) is 2.36. The van der Waals surface area contributed by atoms with Crippen LogP contribution < -0.4 is 5.32 Å². The molecule has 0 saturated carbocycles. The molecule has 0 heterocycles. The van der Waals surface area contributed by atoms with Gasteiger partial charge in [-0.05, 0) is 14.0 Å². The Morgan fingerprint density at radius 3 is 2.38 bits per heavy atom. The van der Waals surface area contributed by atoms with E-state index in [4.69, 9.17) is 6.42 Å². The maximum atomic E-state index is 10.4. The van der Waals surface area contributed by atoms with Crippen molar-refractivity contribution in [1.82, 2.24) is 5.32 Å². The molecule has 0 aliphatic carbocycles. The average molecular weight is 111 g/mol. The van der Waals surface area contributed by atoms with E-state index in [2.05, 4.69) is 11.2 Å². The minimum Gasteiger partial charge on any atom is -0.301 e. The molecule has 0 aromatic carbocycles. The molecule has 1 atom stereocenters. The molecule has 0 unspecified atom stereocenters. The molecule has 0 spiro atoms. The molecule has 0 aromatic rings. The van der Waals surface area contributed by atoms with Gasteiger partial charge >= 0.3 is 0 Å². The lowest BCUT2D eigenvalue weighted by atomic mass is 10.2. The topological polar surface area (TPSA) is 29.1 Å². The van der Waals surface area contributed by atoms with Gasteiger partial charge in [-0.1, -0.05) is 5.92 Å². The smallest absolute Gasteiger partial charge is 0.158 e. The molecular weight excluding hydrogens is 102 g/mol. The number of carbonyl (C=O) groups is 1. The molecule has 0 rings (SSSR count). The van der Waals surface area contributed by atoms with Crippen molar-refractivity contribution >= 4 is 5.78 Å². The van der Waals surface area contributed by atoms with Crippen molar-refractivity contribution in [3.8, 4) is 12.3 Å². The van der Waals surface area contributed by atoms with Crippen molar-refractivity contribution in [1.29, 1.82) is 0 Å². The number of terminal acetylenes is 1. The molecule has 8 heavy (non-hydrogen) atoms. The highest BCUT2D eigenvalue weighted by molar-refractivity contribution is 5.84. The van der Waals surface area contributed by atoms with Crippen molar-refractivity contribution in [2.45, 2.75) is 13.0 Å². The molecule has 0 aliphatic heterocycles. The van der Waals surface area contributed by atoms with Gasteiger partial charge in [-0.15, -0.1) is 6.42 Å². The van der Waals surface area contributed by atoms with E-state index in [-0.39, 0.29) is 5.78 Å². The molecule has 0 aliphatic rings. The number of rotatable bonds is 2. The second kappa shape index (κ2) is 3.23. The lowest BCUT2D eigenvalue weighted by Gasteiger charge is -2.00. The highest BCUT2D eigenvalue weighted by Crippen LogP contribution is 1.78. The maximum absolute atomic E-state index is 10.4. The van der Waals surface area contributed by atoms with Gasteiger partial charge in [0.15, 0.2) is 5.78 Å². The number of hydrogen-bond donors (Lipinski definition) is 1. The summed E-state index contributed by atoms with van der Waals surface area (Å²) in [6.07, 6.45) is 4.95. The Morgan fingerprint density at radius 2 is 2.38 bits per heavy atom. The normalized spacial score (nSPS) is 12.1. The summed E-state index contributed by atoms with van der Waals surface area (Å²) in [5.74, 6) is 2.27. The molecule has 0 aromatic heterocycles. The van der Waals surface area contributed by atoms with Crippen LogP contribution >= 0.6 is 0 Å². The monoisotopic (exact) mass is 111 g/mol. The third-order valence-electron chi connectivity index (χ3n) is 0.862. The molecule has 0 saturated heterocycles. The van der Waals surface area contributed by atoms with E-state index in [0.29, 0.717) is 0 Å². The minimum absolute atomic E-state index is 0.0185. The largest absolute Gasteiger partial charge is 0.301 e. The Labute approximate surface area is 49.3 Å². The van der Waals surface area contributed by atoms with Crippen LogP contribution in [0.5, 0.6) is 0 Å². The van der Waals surface area contributed by atoms with E-state index in [1.54, 1.807) is 7.05 Å². The third kappa shape index (κ3) is 1.76. The zero-order valence-electron chi connectivity index (χ0n) is 5.06. The van der Waals surface area contributed by atoms with Gasteiger partial charge in [-0.25, -0.2) is 0 Å². The number of likely N-dealkylation sites (N-methyl/N-ethyl adjacent to an activating group) is 1. The highest BCUT2D eigenvalue weighted by Gasteiger charge is 2.04. The van der Waals surface area contributed by atoms with Crippen LogP contribution in [0.4, 0.5) is 0 Å². The minimum atomic E-state index is -0.407. The van der Waals surface area contributed by atoms with Crippen LogP contribution in [0.2, 0.25) is 0 Å². The molecule has 44 valence electrons. The van der Waals surface area contributed by atoms with E-state index in [1.165, 1.54) is 6.92 Å². The van der Waals surface area contributed by atoms with E-state index in [9.17, 15) is 4.79 Å². The molecular formula is C6H9NO. The quantitative estimate of drug-likeness (QED) is 0.500. The second-order valence-electron chi connectivity index (χ2n) is 1.50. The number of nitrogens with one attached hydrogen (secondary N) is 1. The van der Waals surface area contributed by atoms with Crippen LogP contribution in [-0.4, -0.2) is 18.9 Å². The molecule has 1 N–H and O–H groups in total. The SMILES string of the molecule is C#C[C@H](NC)C(C)=O. The van der Waals surface area contributed by atoms with Gasteiger partial charge in [0.1, 0.15) is 6.04 Å². The van der Waals surface area contributed by atoms with E-state index in [1.807, 2.05) is 0 Å². The molecule has 0 fully saturated rings. The van der Waals surface area contributed by atoms with Gasteiger partial charge in [0, 0.05) is 0 Å². The van der Waals surface area contributed by atoms with Crippen molar-refractivity contribution in [2.24, 2.45) is 0 Å². The number of carbonyl (C=O) groups excluding carboxylic acids is 1. The standard InChI is InChI=1S/C6H9NO/c1-4-6(7-3)5(2)8/h1,6-7H,2-3H3/t6-/m0/s1. The summed E-state index contributed by atoms with van der Waals surface area (Å²) in [6, 6.07) is -0.407. The zero-order chi connectivity index (χ0) is 6.57. The van der Waals surface area contributed by atoms with Crippen LogP contribution in [-0.2, 0) is 4.79 Å². The Kier molecular flexibility index (Phi) is 2.90. The first-order chi connectivity index (χ1) is 3.72. The number of ketones is 1. The molecule has 0 radical (unpaired) electrons. The lowest BCUT2D eigenvalue weighted by molar-refractivity contribution is -0.117. The van der Waals surface area contributed by atoms with Crippen molar-refractivity contribution in [3.63, 3.8) is 0 Å². The molecule has 2 nitrogen and oxygen atoms in total. The number of hydrogen-bond acceptors (Lipinski definition) is 2. The van der Waals surface area contributed by atoms with Crippen molar-refractivity contribution < 1.29 is 4.79 Å². The Balaban J connectivity index is 3.76. The molecule has 0 bridgehead atoms. The third-order valence-corrected chi connectivity index (χ3v) is 0.862. The van der Waals surface area contributed by atoms with E-state index < -0.39 is 6.04 Å². The summed E-state index contributed by atoms with van der Waals surface area (Å²) in [7, 11) is 1.66. The Bertz CT molecular complexity index is 123. The highest BCUT2D eigenvalue weighted by atomic mass is 16.1. The van der Waals surface area contributed by atoms with Gasteiger partial charge in [0.2, 0.25) is 0 Å². The summed E-state index contributed by atoms with van der Waals surface area (Å²) in [5.41, 5.74) is 0. The first kappa shape index (κ1) is 7.19. The summed E-state index contributed by atoms with van der Waals surface area (Å²) >= 11 is 0. The van der Waals surface area contributed by atoms with Crippen LogP contribution in [0.15, 0.2) is 0 Å². The van der Waals surface area contributed by atoms with Gasteiger partial charge in [0.05, 0.1) is 0 Å². The summed E-state index contributed by atoms with van der Waals surface area (Å²) in [5, 5.41) is 2.67. The van der Waals surface area contributed by atoms with Crippen LogP contribution in [0, 0.1) is 12.3 Å². The van der Waals surface area contributed by atoms with Crippen molar-refractivity contribution in [3.05, 3.63) is 0 Å². The summed E-state index contributed by atoms with van der Waals surface area (Å²) in [4.78, 5) is 10.4. The number of Topliss-reactive ketones (excluding diaryl/α,β-unsaturated/α-hetero) is 1. The van der Waals surface area contributed by atoms with Crippen LogP contribution in [0.25, 0.3) is 0 Å². The second-order valence-corrected chi connectivity index (χ2v) is 1.50. The predicted molar refractivity (Wildman–Crippen MR) is 32.4 cm³/mol. The van der Waals surface area contributed by atoms with Gasteiger partial charge in [0.25, 0.3) is 0 Å².